The van der Waals surface area contributed by atoms with Crippen molar-refractivity contribution >= 4 is 18.0 Å². The first-order valence-corrected chi connectivity index (χ1v) is 5.76. The van der Waals surface area contributed by atoms with E-state index in [0.717, 1.165) is 0 Å². The zero-order chi connectivity index (χ0) is 14.7. The first kappa shape index (κ1) is 13.8. The van der Waals surface area contributed by atoms with Gasteiger partial charge in [-0.1, -0.05) is 5.21 Å². The number of nitrogens with one attached hydrogen (secondary N) is 1. The van der Waals surface area contributed by atoms with E-state index in [2.05, 4.69) is 20.4 Å². The fraction of sp³-hybridized carbons (Fsp3) is 0.500. The van der Waals surface area contributed by atoms with Gasteiger partial charge in [0.25, 0.3) is 0 Å². The van der Waals surface area contributed by atoms with Crippen LogP contribution in [0, 0.1) is 0 Å². The van der Waals surface area contributed by atoms with Crippen molar-refractivity contribution in [3.63, 3.8) is 0 Å². The van der Waals surface area contributed by atoms with Crippen molar-refractivity contribution in [3.8, 4) is 0 Å². The number of hydrogen-bond acceptors (Lipinski definition) is 6. The minimum Gasteiger partial charge on any atom is -0.476 e. The standard InChI is InChI=1S/C10H13N5O5/c1-20-8(16)2-11-10(19)14-3-6(4-14)15-5-7(9(17)18)12-13-15/h5-6H,2-4H2,1H3,(H,11,19)(H,17,18). The summed E-state index contributed by atoms with van der Waals surface area (Å²) in [5.74, 6) is -1.68. The van der Waals surface area contributed by atoms with Crippen LogP contribution in [0.25, 0.3) is 0 Å². The van der Waals surface area contributed by atoms with Crippen molar-refractivity contribution in [2.24, 2.45) is 0 Å². The number of amides is 2. The van der Waals surface area contributed by atoms with Crippen LogP contribution in [0.4, 0.5) is 4.79 Å². The highest BCUT2D eigenvalue weighted by Crippen LogP contribution is 2.20. The molecule has 10 heteroatoms. The first-order chi connectivity index (χ1) is 9.51. The van der Waals surface area contributed by atoms with Gasteiger partial charge in [0.2, 0.25) is 0 Å². The summed E-state index contributed by atoms with van der Waals surface area (Å²) in [6.45, 7) is 0.549. The summed E-state index contributed by atoms with van der Waals surface area (Å²) in [6, 6.07) is -0.496. The number of ether oxygens (including phenoxy) is 1. The number of aromatic carboxylic acids is 1. The number of esters is 1. The molecule has 1 aromatic rings. The van der Waals surface area contributed by atoms with Gasteiger partial charge >= 0.3 is 18.0 Å². The molecule has 108 valence electrons. The normalized spacial score (nSPS) is 14.6. The van der Waals surface area contributed by atoms with Crippen molar-refractivity contribution in [2.75, 3.05) is 26.7 Å². The first-order valence-electron chi connectivity index (χ1n) is 5.76. The molecule has 0 atom stereocenters. The van der Waals surface area contributed by atoms with Gasteiger partial charge in [-0.25, -0.2) is 14.3 Å². The van der Waals surface area contributed by atoms with Crippen LogP contribution in [-0.2, 0) is 9.53 Å². The lowest BCUT2D eigenvalue weighted by Gasteiger charge is -2.38. The van der Waals surface area contributed by atoms with Crippen molar-refractivity contribution in [1.29, 1.82) is 0 Å². The molecule has 2 N–H and O–H groups in total. The summed E-state index contributed by atoms with van der Waals surface area (Å²) >= 11 is 0. The molecular weight excluding hydrogens is 270 g/mol. The molecule has 0 aromatic carbocycles. The van der Waals surface area contributed by atoms with Gasteiger partial charge in [-0.05, 0) is 0 Å². The number of aromatic nitrogens is 3. The Morgan fingerprint density at radius 2 is 2.20 bits per heavy atom. The third-order valence-corrected chi connectivity index (χ3v) is 2.86. The fourth-order valence-corrected chi connectivity index (χ4v) is 1.67. The summed E-state index contributed by atoms with van der Waals surface area (Å²) in [4.78, 5) is 34.6. The van der Waals surface area contributed by atoms with E-state index in [1.807, 2.05) is 0 Å². The molecule has 2 amide bonds. The lowest BCUT2D eigenvalue weighted by molar-refractivity contribution is -0.139. The molecule has 2 rings (SSSR count). The maximum absolute atomic E-state index is 11.6. The number of carbonyl (C=O) groups is 3. The summed E-state index contributed by atoms with van der Waals surface area (Å²) in [5.41, 5.74) is -0.140. The Morgan fingerprint density at radius 1 is 1.50 bits per heavy atom. The molecule has 1 aliphatic rings. The molecule has 0 aliphatic carbocycles. The average molecular weight is 283 g/mol. The zero-order valence-electron chi connectivity index (χ0n) is 10.6. The quantitative estimate of drug-likeness (QED) is 0.658. The Labute approximate surface area is 113 Å². The van der Waals surface area contributed by atoms with E-state index < -0.39 is 11.9 Å². The molecule has 0 unspecified atom stereocenters. The fourth-order valence-electron chi connectivity index (χ4n) is 1.67. The third-order valence-electron chi connectivity index (χ3n) is 2.86. The van der Waals surface area contributed by atoms with Crippen LogP contribution in [-0.4, -0.2) is 69.7 Å². The number of carboxylic acid groups (broad SMARTS) is 1. The minimum atomic E-state index is -1.15. The number of rotatable bonds is 4. The van der Waals surface area contributed by atoms with Gasteiger partial charge < -0.3 is 20.1 Å². The molecule has 20 heavy (non-hydrogen) atoms. The Bertz CT molecular complexity index is 536. The molecular formula is C10H13N5O5. The van der Waals surface area contributed by atoms with Crippen LogP contribution in [0.1, 0.15) is 16.5 Å². The second kappa shape index (κ2) is 5.55. The number of likely N-dealkylation sites (tertiary alicyclic amines) is 1. The van der Waals surface area contributed by atoms with Crippen molar-refractivity contribution in [2.45, 2.75) is 6.04 Å². The second-order valence-corrected chi connectivity index (χ2v) is 4.18. The smallest absolute Gasteiger partial charge is 0.358 e. The van der Waals surface area contributed by atoms with E-state index in [0.29, 0.717) is 13.1 Å². The SMILES string of the molecule is COC(=O)CNC(=O)N1CC(n2cc(C(=O)O)nn2)C1. The van der Waals surface area contributed by atoms with Gasteiger partial charge in [0, 0.05) is 13.1 Å². The highest BCUT2D eigenvalue weighted by atomic mass is 16.5. The van der Waals surface area contributed by atoms with Gasteiger partial charge in [0.05, 0.1) is 19.3 Å². The predicted octanol–water partition coefficient (Wildman–Crippen LogP) is -1.28. The van der Waals surface area contributed by atoms with Crippen LogP contribution in [0.15, 0.2) is 6.20 Å². The summed E-state index contributed by atoms with van der Waals surface area (Å²) in [6.07, 6.45) is 1.32. The number of carbonyl (C=O) groups excluding carboxylic acids is 2. The Morgan fingerprint density at radius 3 is 2.75 bits per heavy atom. The number of urea groups is 1. The Balaban J connectivity index is 1.80. The average Bonchev–Trinajstić information content (AvgIpc) is 2.83. The largest absolute Gasteiger partial charge is 0.476 e. The second-order valence-electron chi connectivity index (χ2n) is 4.18. The van der Waals surface area contributed by atoms with E-state index in [9.17, 15) is 14.4 Å². The molecule has 1 aromatic heterocycles. The van der Waals surface area contributed by atoms with E-state index in [1.165, 1.54) is 22.9 Å². The molecule has 0 saturated carbocycles. The lowest BCUT2D eigenvalue weighted by Crippen LogP contribution is -2.55. The lowest BCUT2D eigenvalue weighted by atomic mass is 10.1. The zero-order valence-corrected chi connectivity index (χ0v) is 10.6. The van der Waals surface area contributed by atoms with Crippen molar-refractivity contribution in [1.82, 2.24) is 25.2 Å². The summed E-state index contributed by atoms with van der Waals surface area (Å²) in [7, 11) is 1.24. The van der Waals surface area contributed by atoms with Crippen molar-refractivity contribution in [3.05, 3.63) is 11.9 Å². The van der Waals surface area contributed by atoms with Crippen LogP contribution in [0.2, 0.25) is 0 Å². The maximum atomic E-state index is 11.6. The number of methoxy groups -OCH3 is 1. The van der Waals surface area contributed by atoms with Crippen LogP contribution >= 0.6 is 0 Å². The molecule has 0 radical (unpaired) electrons. The van der Waals surface area contributed by atoms with Crippen LogP contribution < -0.4 is 5.32 Å². The molecule has 1 saturated heterocycles. The Kier molecular flexibility index (Phi) is 3.82. The number of nitrogens with zero attached hydrogens (tertiary/aromatic N) is 4. The molecule has 0 spiro atoms. The van der Waals surface area contributed by atoms with E-state index in [1.54, 1.807) is 0 Å². The summed E-state index contributed by atoms with van der Waals surface area (Å²) < 4.78 is 5.81. The Hall–Kier alpha value is -2.65. The van der Waals surface area contributed by atoms with Gasteiger partial charge in [-0.3, -0.25) is 4.79 Å². The number of carboxylic acids is 1. The van der Waals surface area contributed by atoms with E-state index in [-0.39, 0.29) is 24.3 Å². The van der Waals surface area contributed by atoms with E-state index >= 15 is 0 Å². The summed E-state index contributed by atoms with van der Waals surface area (Å²) in [5, 5.41) is 18.3. The molecule has 1 aliphatic heterocycles. The van der Waals surface area contributed by atoms with Crippen LogP contribution in [0.5, 0.6) is 0 Å². The van der Waals surface area contributed by atoms with Gasteiger partial charge in [0.15, 0.2) is 5.69 Å². The molecule has 10 nitrogen and oxygen atoms in total. The van der Waals surface area contributed by atoms with Gasteiger partial charge in [-0.2, -0.15) is 0 Å². The molecule has 1 fully saturated rings. The monoisotopic (exact) mass is 283 g/mol. The highest BCUT2D eigenvalue weighted by molar-refractivity contribution is 5.84. The predicted molar refractivity (Wildman–Crippen MR) is 63.0 cm³/mol. The van der Waals surface area contributed by atoms with Crippen molar-refractivity contribution < 1.29 is 24.2 Å². The topological polar surface area (TPSA) is 127 Å². The maximum Gasteiger partial charge on any atom is 0.358 e. The molecule has 2 heterocycles. The molecule has 0 bridgehead atoms. The van der Waals surface area contributed by atoms with Crippen LogP contribution in [0.3, 0.4) is 0 Å². The highest BCUT2D eigenvalue weighted by Gasteiger charge is 2.33. The number of hydrogen-bond donors (Lipinski definition) is 2. The third kappa shape index (κ3) is 2.84. The van der Waals surface area contributed by atoms with Gasteiger partial charge in [-0.15, -0.1) is 5.10 Å². The minimum absolute atomic E-state index is 0.112. The van der Waals surface area contributed by atoms with Gasteiger partial charge in [0.1, 0.15) is 6.54 Å². The van der Waals surface area contributed by atoms with E-state index in [4.69, 9.17) is 5.11 Å².